The molecule has 0 aromatic heterocycles. The average molecular weight is 533 g/mol. The molecule has 0 amide bonds. The number of esters is 1. The maximum Gasteiger partial charge on any atom is 0.432 e. The van der Waals surface area contributed by atoms with E-state index >= 15 is 0 Å². The second-order valence-electron chi connectivity index (χ2n) is 7.65. The van der Waals surface area contributed by atoms with Gasteiger partial charge >= 0.3 is 19.7 Å². The fourth-order valence-electron chi connectivity index (χ4n) is 3.51. The van der Waals surface area contributed by atoms with Crippen LogP contribution in [0.15, 0.2) is 42.5 Å². The number of nitrogens with one attached hydrogen (secondary N) is 1. The number of aliphatic hydroxyl groups is 1. The minimum absolute atomic E-state index is 0.0850. The number of ether oxygens (including phenoxy) is 2. The van der Waals surface area contributed by atoms with Crippen molar-refractivity contribution in [2.75, 3.05) is 32.2 Å². The Morgan fingerprint density at radius 2 is 1.61 bits per heavy atom. The number of methoxy groups -OCH3 is 1. The first-order valence-corrected chi connectivity index (χ1v) is 12.9. The van der Waals surface area contributed by atoms with E-state index in [0.29, 0.717) is 11.3 Å². The van der Waals surface area contributed by atoms with E-state index in [1.54, 1.807) is 38.1 Å². The molecule has 0 spiro atoms. The summed E-state index contributed by atoms with van der Waals surface area (Å²) in [4.78, 5) is 12.1. The first-order chi connectivity index (χ1) is 16.9. The van der Waals surface area contributed by atoms with Gasteiger partial charge in [-0.1, -0.05) is 24.3 Å². The molecule has 2 aromatic carbocycles. The number of alkyl halides is 3. The smallest absolute Gasteiger partial charge is 0.432 e. The van der Waals surface area contributed by atoms with E-state index in [1.165, 1.54) is 27.0 Å². The molecule has 2 aromatic rings. The summed E-state index contributed by atoms with van der Waals surface area (Å²) in [5, 5.41) is 13.4. The van der Waals surface area contributed by atoms with Crippen LogP contribution in [-0.4, -0.2) is 44.2 Å². The number of carbonyl (C=O) groups is 1. The zero-order valence-electron chi connectivity index (χ0n) is 20.7. The van der Waals surface area contributed by atoms with E-state index in [4.69, 9.17) is 13.8 Å². The molecule has 2 atom stereocenters. The fourth-order valence-corrected chi connectivity index (χ4v) is 5.44. The van der Waals surface area contributed by atoms with Gasteiger partial charge in [-0.3, -0.25) is 4.57 Å². The Hall–Kier alpha value is -2.59. The lowest BCUT2D eigenvalue weighted by molar-refractivity contribution is -0.267. The van der Waals surface area contributed by atoms with Gasteiger partial charge in [0.2, 0.25) is 0 Å². The molecule has 0 fully saturated rings. The number of anilines is 1. The monoisotopic (exact) mass is 533 g/mol. The third-order valence-electron chi connectivity index (χ3n) is 5.28. The number of carbonyl (C=O) groups excluding carboxylic acids is 1. The summed E-state index contributed by atoms with van der Waals surface area (Å²) in [7, 11) is -2.31. The van der Waals surface area contributed by atoms with Crippen LogP contribution in [0, 0.1) is 6.92 Å². The first kappa shape index (κ1) is 29.6. The number of benzene rings is 2. The lowest BCUT2D eigenvalue weighted by atomic mass is 9.91. The maximum atomic E-state index is 13.8. The molecule has 12 heteroatoms. The number of halogens is 3. The predicted octanol–water partition coefficient (Wildman–Crippen LogP) is 5.69. The highest BCUT2D eigenvalue weighted by molar-refractivity contribution is 7.54. The van der Waals surface area contributed by atoms with Crippen LogP contribution in [0.3, 0.4) is 0 Å². The molecule has 0 saturated carbocycles. The van der Waals surface area contributed by atoms with Crippen LogP contribution < -0.4 is 10.1 Å². The topological polar surface area (TPSA) is 103 Å². The van der Waals surface area contributed by atoms with Gasteiger partial charge in [-0.2, -0.15) is 13.2 Å². The Bertz CT molecular complexity index is 1070. The third-order valence-corrected chi connectivity index (χ3v) is 7.58. The van der Waals surface area contributed by atoms with Gasteiger partial charge in [-0.05, 0) is 57.0 Å². The molecule has 0 bridgehead atoms. The molecule has 0 unspecified atom stereocenters. The Kier molecular flexibility index (Phi) is 9.96. The summed E-state index contributed by atoms with van der Waals surface area (Å²) in [5.41, 5.74) is -3.53. The summed E-state index contributed by atoms with van der Waals surface area (Å²) < 4.78 is 75.7. The van der Waals surface area contributed by atoms with E-state index in [-0.39, 0.29) is 31.1 Å². The number of rotatable bonds is 12. The molecule has 36 heavy (non-hydrogen) atoms. The molecule has 0 saturated heterocycles. The van der Waals surface area contributed by atoms with Crippen molar-refractivity contribution in [2.24, 2.45) is 0 Å². The summed E-state index contributed by atoms with van der Waals surface area (Å²) in [6.45, 7) is 5.95. The molecule has 0 aliphatic rings. The molecular formula is C24H31F3NO7P. The highest BCUT2D eigenvalue weighted by Gasteiger charge is 2.62. The van der Waals surface area contributed by atoms with Crippen LogP contribution in [0.1, 0.15) is 43.2 Å². The lowest BCUT2D eigenvalue weighted by Crippen LogP contribution is -2.50. The van der Waals surface area contributed by atoms with Crippen LogP contribution in [0.2, 0.25) is 0 Å². The SMILES string of the molecule is CCOC(=O)[C@@](O)(c1ccc(N[C@H](c2ccc(OC)cc2)P(=O)(OCC)OCC)c(C)c1)C(F)(F)F. The minimum atomic E-state index is -5.33. The molecule has 0 radical (unpaired) electrons. The second-order valence-corrected chi connectivity index (χ2v) is 9.77. The van der Waals surface area contributed by atoms with Crippen molar-refractivity contribution in [1.82, 2.24) is 0 Å². The van der Waals surface area contributed by atoms with E-state index in [1.807, 2.05) is 0 Å². The standard InChI is InChI=1S/C24H31F3NO7P/c1-6-33-22(29)23(30,24(25,26)27)18-11-14-20(16(4)15-18)28-21(36(31,34-7-2)35-8-3)17-9-12-19(32-5)13-10-17/h9-15,21,28,30H,6-8H2,1-5H3/t21-,23-/m0/s1. The summed E-state index contributed by atoms with van der Waals surface area (Å²) in [5.74, 6) is -2.29. The second kappa shape index (κ2) is 12.1. The van der Waals surface area contributed by atoms with Crippen LogP contribution in [-0.2, 0) is 28.7 Å². The lowest BCUT2D eigenvalue weighted by Gasteiger charge is -2.30. The fraction of sp³-hybridized carbons (Fsp3) is 0.458. The molecule has 0 aliphatic heterocycles. The molecule has 200 valence electrons. The number of hydrogen-bond acceptors (Lipinski definition) is 8. The maximum absolute atomic E-state index is 13.8. The van der Waals surface area contributed by atoms with Crippen molar-refractivity contribution in [3.05, 3.63) is 59.2 Å². The summed E-state index contributed by atoms with van der Waals surface area (Å²) >= 11 is 0. The molecular weight excluding hydrogens is 502 g/mol. The van der Waals surface area contributed by atoms with Crippen LogP contribution >= 0.6 is 7.60 Å². The largest absolute Gasteiger partial charge is 0.497 e. The minimum Gasteiger partial charge on any atom is -0.497 e. The van der Waals surface area contributed by atoms with E-state index in [2.05, 4.69) is 10.1 Å². The quantitative estimate of drug-likeness (QED) is 0.265. The number of hydrogen-bond donors (Lipinski definition) is 2. The van der Waals surface area contributed by atoms with Crippen molar-refractivity contribution < 1.29 is 46.2 Å². The summed E-state index contributed by atoms with van der Waals surface area (Å²) in [6.07, 6.45) is -5.33. The van der Waals surface area contributed by atoms with E-state index < -0.39 is 36.7 Å². The van der Waals surface area contributed by atoms with Crippen LogP contribution in [0.4, 0.5) is 18.9 Å². The van der Waals surface area contributed by atoms with Gasteiger partial charge in [0, 0.05) is 11.3 Å². The Morgan fingerprint density at radius 1 is 1.03 bits per heavy atom. The van der Waals surface area contributed by atoms with Gasteiger partial charge in [0.15, 0.2) is 5.78 Å². The highest BCUT2D eigenvalue weighted by atomic mass is 31.2. The first-order valence-electron chi connectivity index (χ1n) is 11.2. The molecule has 0 aliphatic carbocycles. The van der Waals surface area contributed by atoms with Crippen molar-refractivity contribution in [3.63, 3.8) is 0 Å². The summed E-state index contributed by atoms with van der Waals surface area (Å²) in [6, 6.07) is 9.86. The molecule has 8 nitrogen and oxygen atoms in total. The van der Waals surface area contributed by atoms with Crippen LogP contribution in [0.5, 0.6) is 5.75 Å². The van der Waals surface area contributed by atoms with Gasteiger partial charge < -0.3 is 28.9 Å². The van der Waals surface area contributed by atoms with Gasteiger partial charge in [0.05, 0.1) is 26.9 Å². The normalized spacial score (nSPS) is 14.6. The molecule has 0 heterocycles. The molecule has 2 rings (SSSR count). The van der Waals surface area contributed by atoms with Crippen molar-refractivity contribution in [1.29, 1.82) is 0 Å². The van der Waals surface area contributed by atoms with E-state index in [0.717, 1.165) is 12.1 Å². The van der Waals surface area contributed by atoms with Crippen LogP contribution in [0.25, 0.3) is 0 Å². The van der Waals surface area contributed by atoms with E-state index in [9.17, 15) is 27.6 Å². The van der Waals surface area contributed by atoms with Crippen molar-refractivity contribution >= 4 is 19.3 Å². The van der Waals surface area contributed by atoms with Gasteiger partial charge in [0.1, 0.15) is 5.75 Å². The zero-order chi connectivity index (χ0) is 27.1. The predicted molar refractivity (Wildman–Crippen MR) is 128 cm³/mol. The van der Waals surface area contributed by atoms with Gasteiger partial charge in [-0.15, -0.1) is 0 Å². The van der Waals surface area contributed by atoms with Crippen molar-refractivity contribution in [3.8, 4) is 5.75 Å². The van der Waals surface area contributed by atoms with Gasteiger partial charge in [-0.25, -0.2) is 4.79 Å². The Balaban J connectivity index is 2.57. The number of aryl methyl sites for hydroxylation is 1. The Morgan fingerprint density at radius 3 is 2.06 bits per heavy atom. The molecule has 2 N–H and O–H groups in total. The Labute approximate surface area is 208 Å². The van der Waals surface area contributed by atoms with Gasteiger partial charge in [0.25, 0.3) is 5.60 Å². The highest BCUT2D eigenvalue weighted by Crippen LogP contribution is 2.61. The zero-order valence-corrected chi connectivity index (χ0v) is 21.6. The van der Waals surface area contributed by atoms with Crippen molar-refractivity contribution in [2.45, 2.75) is 45.3 Å². The third kappa shape index (κ3) is 6.21. The average Bonchev–Trinajstić information content (AvgIpc) is 2.82.